The minimum absolute atomic E-state index is 0.204. The minimum Gasteiger partial charge on any atom is -0.380 e. The Morgan fingerprint density at radius 3 is 2.67 bits per heavy atom. The lowest BCUT2D eigenvalue weighted by atomic mass is 10.0. The van der Waals surface area contributed by atoms with Crippen LogP contribution in [0, 0.1) is 17.2 Å². The predicted molar refractivity (Wildman–Crippen MR) is 74.9 cm³/mol. The molecule has 1 aromatic carbocycles. The molecule has 0 aromatic heterocycles. The molecular weight excluding hydrogens is 248 g/mol. The van der Waals surface area contributed by atoms with Gasteiger partial charge in [-0.2, -0.15) is 5.26 Å². The van der Waals surface area contributed by atoms with Crippen LogP contribution in [0.25, 0.3) is 0 Å². The van der Waals surface area contributed by atoms with Gasteiger partial charge in [0.1, 0.15) is 0 Å². The van der Waals surface area contributed by atoms with Gasteiger partial charge in [-0.05, 0) is 31.0 Å². The molecule has 0 fully saturated rings. The van der Waals surface area contributed by atoms with Gasteiger partial charge in [-0.1, -0.05) is 25.4 Å². The maximum absolute atomic E-state index is 8.79. The molecule has 0 aliphatic heterocycles. The number of nitrogens with zero attached hydrogens (tertiary/aromatic N) is 1. The highest BCUT2D eigenvalue weighted by Gasteiger charge is 2.14. The molecule has 1 N–H and O–H groups in total. The molecule has 1 aromatic rings. The molecule has 1 unspecified atom stereocenters. The summed E-state index contributed by atoms with van der Waals surface area (Å²) >= 11 is 6.14. The summed E-state index contributed by atoms with van der Waals surface area (Å²) in [4.78, 5) is 0. The van der Waals surface area contributed by atoms with E-state index in [1.807, 2.05) is 13.0 Å². The van der Waals surface area contributed by atoms with Crippen LogP contribution in [0.4, 0.5) is 5.69 Å². The predicted octanol–water partition coefficient (Wildman–Crippen LogP) is 3.68. The van der Waals surface area contributed by atoms with Crippen LogP contribution < -0.4 is 5.32 Å². The molecule has 0 aliphatic carbocycles. The number of ether oxygens (including phenoxy) is 1. The van der Waals surface area contributed by atoms with E-state index in [2.05, 4.69) is 25.2 Å². The topological polar surface area (TPSA) is 45.0 Å². The number of halogens is 1. The first-order valence-electron chi connectivity index (χ1n) is 6.12. The largest absolute Gasteiger partial charge is 0.380 e. The fourth-order valence-electron chi connectivity index (χ4n) is 1.55. The van der Waals surface area contributed by atoms with Crippen molar-refractivity contribution in [2.45, 2.75) is 26.8 Å². The number of hydrogen-bond donors (Lipinski definition) is 1. The summed E-state index contributed by atoms with van der Waals surface area (Å²) in [5, 5.41) is 12.7. The standard InChI is InChI=1S/C14H19ClN2O/c1-4-18-9-14(10(2)3)17-13-6-5-11(8-16)7-12(13)15/h5-7,10,14,17H,4,9H2,1-3H3. The zero-order valence-corrected chi connectivity index (χ0v) is 11.8. The van der Waals surface area contributed by atoms with Crippen molar-refractivity contribution < 1.29 is 4.74 Å². The van der Waals surface area contributed by atoms with E-state index >= 15 is 0 Å². The summed E-state index contributed by atoms with van der Waals surface area (Å²) in [5.41, 5.74) is 1.41. The van der Waals surface area contributed by atoms with Gasteiger partial charge in [0.25, 0.3) is 0 Å². The average molecular weight is 267 g/mol. The van der Waals surface area contributed by atoms with E-state index in [1.165, 1.54) is 0 Å². The van der Waals surface area contributed by atoms with Gasteiger partial charge in [-0.25, -0.2) is 0 Å². The quantitative estimate of drug-likeness (QED) is 0.854. The minimum atomic E-state index is 0.204. The Balaban J connectivity index is 2.78. The maximum atomic E-state index is 8.79. The fraction of sp³-hybridized carbons (Fsp3) is 0.500. The van der Waals surface area contributed by atoms with Gasteiger partial charge in [0.15, 0.2) is 0 Å². The van der Waals surface area contributed by atoms with Crippen molar-refractivity contribution in [2.24, 2.45) is 5.92 Å². The lowest BCUT2D eigenvalue weighted by molar-refractivity contribution is 0.127. The molecule has 0 radical (unpaired) electrons. The van der Waals surface area contributed by atoms with Crippen LogP contribution in [0.3, 0.4) is 0 Å². The van der Waals surface area contributed by atoms with Crippen LogP contribution in [0.5, 0.6) is 0 Å². The van der Waals surface area contributed by atoms with Crippen LogP contribution in [0.1, 0.15) is 26.3 Å². The molecular formula is C14H19ClN2O. The molecule has 0 bridgehead atoms. The normalized spacial score (nSPS) is 12.2. The smallest absolute Gasteiger partial charge is 0.0992 e. The van der Waals surface area contributed by atoms with E-state index < -0.39 is 0 Å². The molecule has 0 spiro atoms. The van der Waals surface area contributed by atoms with E-state index in [-0.39, 0.29) is 6.04 Å². The number of nitriles is 1. The first-order chi connectivity index (χ1) is 8.58. The van der Waals surface area contributed by atoms with Gasteiger partial charge in [-0.15, -0.1) is 0 Å². The van der Waals surface area contributed by atoms with Gasteiger partial charge in [0.2, 0.25) is 0 Å². The lowest BCUT2D eigenvalue weighted by Crippen LogP contribution is -2.31. The Morgan fingerprint density at radius 2 is 2.17 bits per heavy atom. The zero-order chi connectivity index (χ0) is 13.5. The van der Waals surface area contributed by atoms with Gasteiger partial charge in [0, 0.05) is 6.61 Å². The highest BCUT2D eigenvalue weighted by atomic mass is 35.5. The van der Waals surface area contributed by atoms with Crippen LogP contribution in [0.2, 0.25) is 5.02 Å². The summed E-state index contributed by atoms with van der Waals surface area (Å²) in [6, 6.07) is 7.53. The van der Waals surface area contributed by atoms with Gasteiger partial charge >= 0.3 is 0 Å². The molecule has 18 heavy (non-hydrogen) atoms. The number of nitrogens with one attached hydrogen (secondary N) is 1. The second kappa shape index (κ2) is 7.25. The molecule has 4 heteroatoms. The third kappa shape index (κ3) is 4.21. The Labute approximate surface area is 114 Å². The molecule has 0 heterocycles. The summed E-state index contributed by atoms with van der Waals surface area (Å²) in [7, 11) is 0. The molecule has 0 saturated carbocycles. The van der Waals surface area contributed by atoms with Gasteiger partial charge in [-0.3, -0.25) is 0 Å². The van der Waals surface area contributed by atoms with Crippen LogP contribution in [0.15, 0.2) is 18.2 Å². The van der Waals surface area contributed by atoms with Crippen LogP contribution >= 0.6 is 11.6 Å². The van der Waals surface area contributed by atoms with Crippen LogP contribution in [-0.4, -0.2) is 19.3 Å². The van der Waals surface area contributed by atoms with E-state index in [0.29, 0.717) is 29.7 Å². The van der Waals surface area contributed by atoms with Gasteiger partial charge in [0.05, 0.1) is 35.0 Å². The first-order valence-corrected chi connectivity index (χ1v) is 6.50. The second-order valence-electron chi connectivity index (χ2n) is 4.46. The fourth-order valence-corrected chi connectivity index (χ4v) is 1.78. The highest BCUT2D eigenvalue weighted by Crippen LogP contribution is 2.24. The zero-order valence-electron chi connectivity index (χ0n) is 11.0. The summed E-state index contributed by atoms with van der Waals surface area (Å²) in [6.07, 6.45) is 0. The van der Waals surface area contributed by atoms with E-state index in [0.717, 1.165) is 5.69 Å². The number of hydrogen-bond acceptors (Lipinski definition) is 3. The lowest BCUT2D eigenvalue weighted by Gasteiger charge is -2.23. The van der Waals surface area contributed by atoms with Crippen molar-refractivity contribution in [2.75, 3.05) is 18.5 Å². The Morgan fingerprint density at radius 1 is 1.44 bits per heavy atom. The van der Waals surface area contributed by atoms with E-state index in [4.69, 9.17) is 21.6 Å². The number of rotatable bonds is 6. The SMILES string of the molecule is CCOCC(Nc1ccc(C#N)cc1Cl)C(C)C. The summed E-state index contributed by atoms with van der Waals surface area (Å²) in [5.74, 6) is 0.434. The van der Waals surface area contributed by atoms with Crippen molar-refractivity contribution in [3.05, 3.63) is 28.8 Å². The van der Waals surface area contributed by atoms with Crippen molar-refractivity contribution in [1.82, 2.24) is 0 Å². The van der Waals surface area contributed by atoms with Crippen molar-refractivity contribution in [3.8, 4) is 6.07 Å². The summed E-state index contributed by atoms with van der Waals surface area (Å²) < 4.78 is 5.46. The highest BCUT2D eigenvalue weighted by molar-refractivity contribution is 6.33. The van der Waals surface area contributed by atoms with Crippen molar-refractivity contribution in [3.63, 3.8) is 0 Å². The van der Waals surface area contributed by atoms with E-state index in [1.54, 1.807) is 12.1 Å². The maximum Gasteiger partial charge on any atom is 0.0992 e. The van der Waals surface area contributed by atoms with E-state index in [9.17, 15) is 0 Å². The number of benzene rings is 1. The second-order valence-corrected chi connectivity index (χ2v) is 4.87. The number of anilines is 1. The third-order valence-corrected chi connectivity index (χ3v) is 3.06. The summed E-state index contributed by atoms with van der Waals surface area (Å²) in [6.45, 7) is 7.59. The molecule has 98 valence electrons. The molecule has 1 rings (SSSR count). The molecule has 0 aliphatic rings. The Hall–Kier alpha value is -1.24. The van der Waals surface area contributed by atoms with Gasteiger partial charge < -0.3 is 10.1 Å². The van der Waals surface area contributed by atoms with Crippen LogP contribution in [-0.2, 0) is 4.74 Å². The Kier molecular flexibility index (Phi) is 5.97. The first kappa shape index (κ1) is 14.8. The monoisotopic (exact) mass is 266 g/mol. The molecule has 0 amide bonds. The molecule has 1 atom stereocenters. The average Bonchev–Trinajstić information content (AvgIpc) is 2.35. The van der Waals surface area contributed by atoms with Crippen molar-refractivity contribution in [1.29, 1.82) is 5.26 Å². The molecule has 3 nitrogen and oxygen atoms in total. The third-order valence-electron chi connectivity index (χ3n) is 2.75. The Bertz CT molecular complexity index is 426. The van der Waals surface area contributed by atoms with Crippen molar-refractivity contribution >= 4 is 17.3 Å². The molecule has 0 saturated heterocycles.